The normalized spacial score (nSPS) is 20.0. The van der Waals surface area contributed by atoms with E-state index in [0.717, 1.165) is 50.2 Å². The van der Waals surface area contributed by atoms with Gasteiger partial charge in [0.1, 0.15) is 38.3 Å². The number of aryl methyl sites for hydroxylation is 1. The van der Waals surface area contributed by atoms with E-state index in [-0.39, 0.29) is 5.63 Å². The van der Waals surface area contributed by atoms with E-state index in [4.69, 9.17) is 4.42 Å². The number of hydrogen-bond acceptors (Lipinski definition) is 2. The molecule has 0 bridgehead atoms. The van der Waals surface area contributed by atoms with Gasteiger partial charge in [0.2, 0.25) is 0 Å². The summed E-state index contributed by atoms with van der Waals surface area (Å²) in [5, 5.41) is 1.08. The molecule has 4 rings (SSSR count). The fourth-order valence-electron chi connectivity index (χ4n) is 4.02. The first-order valence-corrected chi connectivity index (χ1v) is 10.1. The van der Waals surface area contributed by atoms with Crippen molar-refractivity contribution in [2.45, 2.75) is 13.5 Å². The van der Waals surface area contributed by atoms with Crippen molar-refractivity contribution < 1.29 is 14.2 Å². The highest BCUT2D eigenvalue weighted by Crippen LogP contribution is 2.18. The van der Waals surface area contributed by atoms with Crippen LogP contribution in [0.5, 0.6) is 0 Å². The van der Waals surface area contributed by atoms with Crippen molar-refractivity contribution in [3.8, 4) is 0 Å². The Balaban J connectivity index is 1.36. The van der Waals surface area contributed by atoms with E-state index >= 15 is 0 Å². The van der Waals surface area contributed by atoms with Crippen molar-refractivity contribution >= 4 is 17.0 Å². The molecule has 2 aromatic carbocycles. The van der Waals surface area contributed by atoms with Crippen LogP contribution in [0.4, 0.5) is 0 Å². The lowest BCUT2D eigenvalue weighted by molar-refractivity contribution is -1.02. The largest absolute Gasteiger partial charge is 0.423 e. The van der Waals surface area contributed by atoms with Crippen LogP contribution in [0.25, 0.3) is 17.0 Å². The molecule has 0 spiro atoms. The highest BCUT2D eigenvalue weighted by atomic mass is 16.4. The Morgan fingerprint density at radius 1 is 0.964 bits per heavy atom. The second kappa shape index (κ2) is 8.55. The number of quaternary nitrogens is 2. The Morgan fingerprint density at radius 2 is 1.71 bits per heavy atom. The molecule has 0 amide bonds. The summed E-state index contributed by atoms with van der Waals surface area (Å²) in [5.41, 5.74) is 4.01. The SMILES string of the molecule is Cc1ccc2oc(=O)cc(C[NH+]3CC[NH+](C/C=C/c4ccccc4)CC3)c2c1. The van der Waals surface area contributed by atoms with Crippen molar-refractivity contribution in [3.05, 3.63) is 87.8 Å². The molecule has 0 saturated carbocycles. The van der Waals surface area contributed by atoms with Gasteiger partial charge in [-0.1, -0.05) is 48.0 Å². The van der Waals surface area contributed by atoms with Gasteiger partial charge in [0, 0.05) is 17.0 Å². The molecule has 0 atom stereocenters. The minimum Gasteiger partial charge on any atom is -0.423 e. The highest BCUT2D eigenvalue weighted by Gasteiger charge is 2.23. The maximum atomic E-state index is 11.9. The van der Waals surface area contributed by atoms with Crippen molar-refractivity contribution in [1.29, 1.82) is 0 Å². The van der Waals surface area contributed by atoms with Crippen LogP contribution < -0.4 is 15.4 Å². The lowest BCUT2D eigenvalue weighted by atomic mass is 10.1. The third kappa shape index (κ3) is 4.58. The van der Waals surface area contributed by atoms with Gasteiger partial charge < -0.3 is 14.2 Å². The van der Waals surface area contributed by atoms with Gasteiger partial charge in [-0.15, -0.1) is 0 Å². The topological polar surface area (TPSA) is 39.1 Å². The van der Waals surface area contributed by atoms with Gasteiger partial charge in [0.15, 0.2) is 0 Å². The van der Waals surface area contributed by atoms with Crippen LogP contribution >= 0.6 is 0 Å². The molecule has 1 aliphatic rings. The second-order valence-electron chi connectivity index (χ2n) is 7.78. The van der Waals surface area contributed by atoms with Gasteiger partial charge in [-0.2, -0.15) is 0 Å². The monoisotopic (exact) mass is 376 g/mol. The van der Waals surface area contributed by atoms with E-state index < -0.39 is 0 Å². The Bertz CT molecular complexity index is 1020. The molecule has 144 valence electrons. The molecule has 4 nitrogen and oxygen atoms in total. The Morgan fingerprint density at radius 3 is 2.50 bits per heavy atom. The maximum Gasteiger partial charge on any atom is 0.336 e. The average Bonchev–Trinajstić information content (AvgIpc) is 2.71. The summed E-state index contributed by atoms with van der Waals surface area (Å²) in [6.07, 6.45) is 4.50. The summed E-state index contributed by atoms with van der Waals surface area (Å²) in [6, 6.07) is 18.2. The first-order chi connectivity index (χ1) is 13.7. The minimum atomic E-state index is -0.249. The molecule has 0 radical (unpaired) electrons. The van der Waals surface area contributed by atoms with Crippen LogP contribution in [0.1, 0.15) is 16.7 Å². The number of benzene rings is 2. The average molecular weight is 377 g/mol. The van der Waals surface area contributed by atoms with Crippen LogP contribution in [0, 0.1) is 6.92 Å². The number of hydrogen-bond donors (Lipinski definition) is 2. The van der Waals surface area contributed by atoms with Crippen LogP contribution in [0.2, 0.25) is 0 Å². The van der Waals surface area contributed by atoms with Gasteiger partial charge in [-0.25, -0.2) is 4.79 Å². The van der Waals surface area contributed by atoms with E-state index in [1.807, 2.05) is 18.2 Å². The molecule has 1 aromatic heterocycles. The van der Waals surface area contributed by atoms with Crippen LogP contribution in [0.15, 0.2) is 69.9 Å². The summed E-state index contributed by atoms with van der Waals surface area (Å²) >= 11 is 0. The smallest absolute Gasteiger partial charge is 0.336 e. The molecule has 1 fully saturated rings. The molecule has 0 aliphatic carbocycles. The quantitative estimate of drug-likeness (QED) is 0.655. The first-order valence-electron chi connectivity index (χ1n) is 10.1. The van der Waals surface area contributed by atoms with Gasteiger partial charge in [0.05, 0.1) is 6.54 Å². The predicted molar refractivity (Wildman–Crippen MR) is 113 cm³/mol. The molecule has 4 heteroatoms. The van der Waals surface area contributed by atoms with Gasteiger partial charge >= 0.3 is 5.63 Å². The standard InChI is InChI=1S/C24H26N2O2/c1-19-9-10-23-22(16-19)21(17-24(27)28-23)18-26-14-12-25(13-15-26)11-5-8-20-6-3-2-4-7-20/h2-10,16-17H,11-15,18H2,1H3/p+2/b8-5+. The zero-order valence-corrected chi connectivity index (χ0v) is 16.4. The summed E-state index contributed by atoms with van der Waals surface area (Å²) in [7, 11) is 0. The molecule has 28 heavy (non-hydrogen) atoms. The Hall–Kier alpha value is -2.69. The van der Waals surface area contributed by atoms with Crippen LogP contribution in [-0.4, -0.2) is 32.7 Å². The molecule has 2 N–H and O–H groups in total. The zero-order valence-electron chi connectivity index (χ0n) is 16.4. The summed E-state index contributed by atoms with van der Waals surface area (Å²) in [4.78, 5) is 15.1. The molecule has 2 heterocycles. The Kier molecular flexibility index (Phi) is 5.70. The molecule has 1 aliphatic heterocycles. The third-order valence-electron chi connectivity index (χ3n) is 5.60. The van der Waals surface area contributed by atoms with Crippen molar-refractivity contribution in [3.63, 3.8) is 0 Å². The Labute approximate surface area is 165 Å². The summed E-state index contributed by atoms with van der Waals surface area (Å²) in [6.45, 7) is 8.61. The molecule has 0 unspecified atom stereocenters. The maximum absolute atomic E-state index is 11.9. The summed E-state index contributed by atoms with van der Waals surface area (Å²) in [5.74, 6) is 0. The number of fused-ring (bicyclic) bond motifs is 1. The number of rotatable bonds is 5. The fourth-order valence-corrected chi connectivity index (χ4v) is 4.02. The van der Waals surface area contributed by atoms with E-state index in [2.05, 4.69) is 49.4 Å². The molecule has 1 saturated heterocycles. The zero-order chi connectivity index (χ0) is 19.3. The molecular weight excluding hydrogens is 348 g/mol. The van der Waals surface area contributed by atoms with Gasteiger partial charge in [-0.3, -0.25) is 0 Å². The van der Waals surface area contributed by atoms with E-state index in [1.165, 1.54) is 11.1 Å². The van der Waals surface area contributed by atoms with Gasteiger partial charge in [-0.05, 0) is 30.7 Å². The number of nitrogens with one attached hydrogen (secondary N) is 2. The third-order valence-corrected chi connectivity index (χ3v) is 5.60. The molecule has 3 aromatic rings. The van der Waals surface area contributed by atoms with Crippen molar-refractivity contribution in [2.24, 2.45) is 0 Å². The lowest BCUT2D eigenvalue weighted by Crippen LogP contribution is -3.27. The predicted octanol–water partition coefficient (Wildman–Crippen LogP) is 1.10. The van der Waals surface area contributed by atoms with Gasteiger partial charge in [0.25, 0.3) is 0 Å². The van der Waals surface area contributed by atoms with E-state index in [9.17, 15) is 4.79 Å². The fraction of sp³-hybridized carbons (Fsp3) is 0.292. The molecular formula is C24H28N2O2+2. The van der Waals surface area contributed by atoms with Crippen molar-refractivity contribution in [2.75, 3.05) is 32.7 Å². The van der Waals surface area contributed by atoms with E-state index in [1.54, 1.807) is 15.9 Å². The van der Waals surface area contributed by atoms with E-state index in [0.29, 0.717) is 5.58 Å². The first kappa shape index (κ1) is 18.7. The highest BCUT2D eigenvalue weighted by molar-refractivity contribution is 5.80. The number of piperazine rings is 1. The van der Waals surface area contributed by atoms with Crippen LogP contribution in [-0.2, 0) is 6.54 Å². The summed E-state index contributed by atoms with van der Waals surface area (Å²) < 4.78 is 5.37. The minimum absolute atomic E-state index is 0.249. The van der Waals surface area contributed by atoms with Crippen molar-refractivity contribution in [1.82, 2.24) is 0 Å². The van der Waals surface area contributed by atoms with Crippen LogP contribution in [0.3, 0.4) is 0 Å². The second-order valence-corrected chi connectivity index (χ2v) is 7.78. The lowest BCUT2D eigenvalue weighted by Gasteiger charge is -2.29.